The van der Waals surface area contributed by atoms with Gasteiger partial charge in [0.1, 0.15) is 11.9 Å². The Hall–Kier alpha value is -3.42. The zero-order chi connectivity index (χ0) is 19.6. The van der Waals surface area contributed by atoms with Crippen LogP contribution < -0.4 is 16.3 Å². The van der Waals surface area contributed by atoms with Crippen molar-refractivity contribution >= 4 is 28.5 Å². The smallest absolute Gasteiger partial charge is 0.323 e. The van der Waals surface area contributed by atoms with Gasteiger partial charge in [0.2, 0.25) is 5.91 Å². The zero-order valence-electron chi connectivity index (χ0n) is 14.8. The van der Waals surface area contributed by atoms with Gasteiger partial charge in [-0.2, -0.15) is 0 Å². The van der Waals surface area contributed by atoms with E-state index in [2.05, 4.69) is 20.6 Å². The molecule has 2 aromatic carbocycles. The number of amides is 2. The number of hydrogen-bond donors (Lipinski definition) is 4. The van der Waals surface area contributed by atoms with Crippen molar-refractivity contribution in [3.8, 4) is 0 Å². The van der Waals surface area contributed by atoms with E-state index >= 15 is 0 Å². The van der Waals surface area contributed by atoms with Gasteiger partial charge in [-0.1, -0.05) is 26.0 Å². The number of fused-ring (bicyclic) bond motifs is 1. The maximum Gasteiger partial charge on any atom is 0.323 e. The molecule has 1 heterocycles. The van der Waals surface area contributed by atoms with E-state index in [1.807, 2.05) is 0 Å². The molecule has 1 aromatic heterocycles. The SMILES string of the molecule is CC(C)C(NC(=O)c1ccccc1F)C(=O)Nc1ccc2[nH]c(=O)[nH]c2c1. The maximum absolute atomic E-state index is 13.8. The highest BCUT2D eigenvalue weighted by Crippen LogP contribution is 2.16. The summed E-state index contributed by atoms with van der Waals surface area (Å²) in [5, 5.41) is 5.29. The standard InChI is InChI=1S/C19H19FN4O3/c1-10(2)16(24-17(25)12-5-3-4-6-13(12)20)18(26)21-11-7-8-14-15(9-11)23-19(27)22-14/h3-10,16H,1-2H3,(H,21,26)(H,24,25)(H2,22,23,27). The van der Waals surface area contributed by atoms with Crippen molar-refractivity contribution in [3.63, 3.8) is 0 Å². The molecule has 1 atom stereocenters. The van der Waals surface area contributed by atoms with Gasteiger partial charge in [-0.25, -0.2) is 9.18 Å². The van der Waals surface area contributed by atoms with E-state index in [0.717, 1.165) is 0 Å². The molecular weight excluding hydrogens is 351 g/mol. The van der Waals surface area contributed by atoms with Crippen molar-refractivity contribution < 1.29 is 14.0 Å². The number of imidazole rings is 1. The Morgan fingerprint density at radius 2 is 1.74 bits per heavy atom. The van der Waals surface area contributed by atoms with Gasteiger partial charge in [0.15, 0.2) is 0 Å². The molecule has 0 saturated carbocycles. The van der Waals surface area contributed by atoms with Gasteiger partial charge < -0.3 is 20.6 Å². The van der Waals surface area contributed by atoms with Crippen molar-refractivity contribution in [2.45, 2.75) is 19.9 Å². The largest absolute Gasteiger partial charge is 0.340 e. The highest BCUT2D eigenvalue weighted by Gasteiger charge is 2.25. The molecule has 0 spiro atoms. The van der Waals surface area contributed by atoms with Crippen molar-refractivity contribution in [1.29, 1.82) is 0 Å². The fraction of sp³-hybridized carbons (Fsp3) is 0.211. The van der Waals surface area contributed by atoms with Crippen LogP contribution in [0.15, 0.2) is 47.3 Å². The molecule has 2 amide bonds. The highest BCUT2D eigenvalue weighted by atomic mass is 19.1. The minimum Gasteiger partial charge on any atom is -0.340 e. The van der Waals surface area contributed by atoms with Gasteiger partial charge in [-0.15, -0.1) is 0 Å². The first kappa shape index (κ1) is 18.4. The summed E-state index contributed by atoms with van der Waals surface area (Å²) in [5.74, 6) is -1.98. The Balaban J connectivity index is 1.77. The van der Waals surface area contributed by atoms with E-state index in [9.17, 15) is 18.8 Å². The second-order valence-corrected chi connectivity index (χ2v) is 6.50. The summed E-state index contributed by atoms with van der Waals surface area (Å²) < 4.78 is 13.8. The first-order valence-corrected chi connectivity index (χ1v) is 8.43. The van der Waals surface area contributed by atoms with E-state index in [1.54, 1.807) is 38.1 Å². The van der Waals surface area contributed by atoms with Gasteiger partial charge in [0.25, 0.3) is 5.91 Å². The number of H-pyrrole nitrogens is 2. The zero-order valence-corrected chi connectivity index (χ0v) is 14.8. The molecule has 0 aliphatic rings. The van der Waals surface area contributed by atoms with Crippen LogP contribution in [0.25, 0.3) is 11.0 Å². The second-order valence-electron chi connectivity index (χ2n) is 6.50. The summed E-state index contributed by atoms with van der Waals surface area (Å²) in [4.78, 5) is 41.5. The van der Waals surface area contributed by atoms with Gasteiger partial charge >= 0.3 is 5.69 Å². The molecule has 0 aliphatic heterocycles. The Labute approximate surface area is 154 Å². The van der Waals surface area contributed by atoms with Crippen LogP contribution in [0, 0.1) is 11.7 Å². The van der Waals surface area contributed by atoms with Crippen molar-refractivity contribution in [2.75, 3.05) is 5.32 Å². The van der Waals surface area contributed by atoms with Crippen LogP contribution in [0.2, 0.25) is 0 Å². The summed E-state index contributed by atoms with van der Waals surface area (Å²) in [6.07, 6.45) is 0. The van der Waals surface area contributed by atoms with Crippen molar-refractivity contribution in [2.24, 2.45) is 5.92 Å². The fourth-order valence-corrected chi connectivity index (χ4v) is 2.73. The third-order valence-corrected chi connectivity index (χ3v) is 4.14. The van der Waals surface area contributed by atoms with Crippen molar-refractivity contribution in [1.82, 2.24) is 15.3 Å². The predicted octanol–water partition coefficient (Wildman–Crippen LogP) is 2.39. The number of hydrogen-bond acceptors (Lipinski definition) is 3. The first-order valence-electron chi connectivity index (χ1n) is 8.43. The van der Waals surface area contributed by atoms with Gasteiger partial charge in [-0.3, -0.25) is 9.59 Å². The first-order chi connectivity index (χ1) is 12.8. The number of carbonyl (C=O) groups is 2. The normalized spacial score (nSPS) is 12.1. The minimum atomic E-state index is -0.863. The molecule has 140 valence electrons. The number of halogens is 1. The Morgan fingerprint density at radius 1 is 1.04 bits per heavy atom. The molecule has 3 rings (SSSR count). The molecule has 1 unspecified atom stereocenters. The number of carbonyl (C=O) groups excluding carboxylic acids is 2. The lowest BCUT2D eigenvalue weighted by molar-refractivity contribution is -0.118. The maximum atomic E-state index is 13.8. The Bertz CT molecular complexity index is 1050. The molecule has 0 saturated heterocycles. The molecule has 0 radical (unpaired) electrons. The quantitative estimate of drug-likeness (QED) is 0.554. The lowest BCUT2D eigenvalue weighted by Crippen LogP contribution is -2.47. The molecule has 0 fully saturated rings. The Morgan fingerprint density at radius 3 is 2.44 bits per heavy atom. The van der Waals surface area contributed by atoms with Crippen LogP contribution in [0.1, 0.15) is 24.2 Å². The molecule has 8 heteroatoms. The van der Waals surface area contributed by atoms with Crippen LogP contribution in [0.4, 0.5) is 10.1 Å². The lowest BCUT2D eigenvalue weighted by atomic mass is 10.0. The van der Waals surface area contributed by atoms with E-state index in [0.29, 0.717) is 16.7 Å². The van der Waals surface area contributed by atoms with E-state index in [1.165, 1.54) is 18.2 Å². The summed E-state index contributed by atoms with van der Waals surface area (Å²) in [6.45, 7) is 3.55. The summed E-state index contributed by atoms with van der Waals surface area (Å²) in [7, 11) is 0. The van der Waals surface area contributed by atoms with E-state index in [-0.39, 0.29) is 17.2 Å². The average Bonchev–Trinajstić information content (AvgIpc) is 2.98. The molecule has 0 aliphatic carbocycles. The summed E-state index contributed by atoms with van der Waals surface area (Å²) >= 11 is 0. The minimum absolute atomic E-state index is 0.123. The molecule has 4 N–H and O–H groups in total. The van der Waals surface area contributed by atoms with Crippen LogP contribution in [0.5, 0.6) is 0 Å². The van der Waals surface area contributed by atoms with E-state index < -0.39 is 23.7 Å². The second kappa shape index (κ2) is 7.45. The topological polar surface area (TPSA) is 107 Å². The summed E-state index contributed by atoms with van der Waals surface area (Å²) in [5.41, 5.74) is 1.17. The monoisotopic (exact) mass is 370 g/mol. The summed E-state index contributed by atoms with van der Waals surface area (Å²) in [6, 6.07) is 9.63. The molecule has 0 bridgehead atoms. The highest BCUT2D eigenvalue weighted by molar-refractivity contribution is 6.02. The molecular formula is C19H19FN4O3. The molecule has 27 heavy (non-hydrogen) atoms. The van der Waals surface area contributed by atoms with Gasteiger partial charge in [0.05, 0.1) is 16.6 Å². The number of aromatic nitrogens is 2. The Kier molecular flexibility index (Phi) is 5.07. The van der Waals surface area contributed by atoms with Crippen LogP contribution in [-0.4, -0.2) is 27.8 Å². The third-order valence-electron chi connectivity index (χ3n) is 4.14. The number of rotatable bonds is 5. The predicted molar refractivity (Wildman–Crippen MR) is 100 cm³/mol. The average molecular weight is 370 g/mol. The van der Waals surface area contributed by atoms with Crippen LogP contribution in [0.3, 0.4) is 0 Å². The fourth-order valence-electron chi connectivity index (χ4n) is 2.73. The third kappa shape index (κ3) is 4.05. The van der Waals surface area contributed by atoms with Crippen molar-refractivity contribution in [3.05, 3.63) is 64.3 Å². The lowest BCUT2D eigenvalue weighted by Gasteiger charge is -2.22. The van der Waals surface area contributed by atoms with Crippen LogP contribution >= 0.6 is 0 Å². The van der Waals surface area contributed by atoms with Gasteiger partial charge in [-0.05, 0) is 36.2 Å². The van der Waals surface area contributed by atoms with E-state index in [4.69, 9.17) is 0 Å². The molecule has 3 aromatic rings. The molecule has 7 nitrogen and oxygen atoms in total. The number of aromatic amines is 2. The number of benzene rings is 2. The number of anilines is 1. The number of nitrogens with one attached hydrogen (secondary N) is 4. The van der Waals surface area contributed by atoms with Gasteiger partial charge in [0, 0.05) is 5.69 Å². The van der Waals surface area contributed by atoms with Crippen LogP contribution in [-0.2, 0) is 4.79 Å².